The van der Waals surface area contributed by atoms with E-state index in [9.17, 15) is 0 Å². The molecule has 0 saturated carbocycles. The molecule has 1 aromatic rings. The van der Waals surface area contributed by atoms with E-state index in [1.807, 2.05) is 12.4 Å². The Morgan fingerprint density at radius 1 is 1.44 bits per heavy atom. The van der Waals surface area contributed by atoms with Crippen LogP contribution in [0.4, 0.5) is 0 Å². The van der Waals surface area contributed by atoms with Crippen LogP contribution in [0.15, 0.2) is 24.5 Å². The zero-order valence-electron chi connectivity index (χ0n) is 10.1. The summed E-state index contributed by atoms with van der Waals surface area (Å²) in [5, 5.41) is 0. The third-order valence-electron chi connectivity index (χ3n) is 3.32. The molecule has 0 spiro atoms. The molecule has 1 aromatic heterocycles. The maximum atomic E-state index is 6.10. The Morgan fingerprint density at radius 2 is 2.19 bits per heavy atom. The van der Waals surface area contributed by atoms with E-state index in [0.717, 1.165) is 32.4 Å². The SMILES string of the molecule is CCCC1(c2ccncc2)OCCCN1C. The highest BCUT2D eigenvalue weighted by Gasteiger charge is 2.38. The van der Waals surface area contributed by atoms with Crippen LogP contribution in [-0.4, -0.2) is 30.1 Å². The summed E-state index contributed by atoms with van der Waals surface area (Å²) in [5.74, 6) is 0. The molecule has 3 nitrogen and oxygen atoms in total. The highest BCUT2D eigenvalue weighted by atomic mass is 16.5. The first kappa shape index (κ1) is 11.6. The number of aromatic nitrogens is 1. The van der Waals surface area contributed by atoms with E-state index < -0.39 is 0 Å². The van der Waals surface area contributed by atoms with E-state index in [-0.39, 0.29) is 5.72 Å². The van der Waals surface area contributed by atoms with Gasteiger partial charge in [0, 0.05) is 24.5 Å². The maximum absolute atomic E-state index is 6.10. The number of hydrogen-bond acceptors (Lipinski definition) is 3. The van der Waals surface area contributed by atoms with Gasteiger partial charge in [0.1, 0.15) is 5.72 Å². The molecule has 1 saturated heterocycles. The first-order valence-electron chi connectivity index (χ1n) is 6.05. The van der Waals surface area contributed by atoms with Crippen LogP contribution >= 0.6 is 0 Å². The van der Waals surface area contributed by atoms with Crippen molar-refractivity contribution in [2.75, 3.05) is 20.2 Å². The maximum Gasteiger partial charge on any atom is 0.147 e. The standard InChI is InChI=1S/C13H20N2O/c1-3-7-13(12-5-8-14-9-6-12)15(2)10-4-11-16-13/h5-6,8-9H,3-4,7,10-11H2,1-2H3. The van der Waals surface area contributed by atoms with Crippen LogP contribution in [0.3, 0.4) is 0 Å². The van der Waals surface area contributed by atoms with E-state index in [2.05, 4.69) is 36.0 Å². The fraction of sp³-hybridized carbons (Fsp3) is 0.615. The number of ether oxygens (including phenoxy) is 1. The van der Waals surface area contributed by atoms with Crippen molar-refractivity contribution in [2.45, 2.75) is 31.9 Å². The molecule has 1 unspecified atom stereocenters. The fourth-order valence-electron chi connectivity index (χ4n) is 2.50. The Hall–Kier alpha value is -0.930. The lowest BCUT2D eigenvalue weighted by Crippen LogP contribution is -2.50. The summed E-state index contributed by atoms with van der Waals surface area (Å²) in [7, 11) is 2.15. The van der Waals surface area contributed by atoms with Gasteiger partial charge in [0.25, 0.3) is 0 Å². The molecular formula is C13H20N2O. The van der Waals surface area contributed by atoms with Crippen molar-refractivity contribution >= 4 is 0 Å². The lowest BCUT2D eigenvalue weighted by molar-refractivity contribution is -0.189. The normalized spacial score (nSPS) is 26.9. The minimum Gasteiger partial charge on any atom is -0.356 e. The predicted octanol–water partition coefficient (Wildman–Crippen LogP) is 2.39. The van der Waals surface area contributed by atoms with Crippen LogP contribution in [0, 0.1) is 0 Å². The van der Waals surface area contributed by atoms with E-state index in [4.69, 9.17) is 4.74 Å². The molecule has 1 atom stereocenters. The summed E-state index contributed by atoms with van der Waals surface area (Å²) >= 11 is 0. The molecule has 3 heteroatoms. The molecule has 0 amide bonds. The summed E-state index contributed by atoms with van der Waals surface area (Å²) in [6.07, 6.45) is 6.96. The van der Waals surface area contributed by atoms with Crippen molar-refractivity contribution in [3.05, 3.63) is 30.1 Å². The van der Waals surface area contributed by atoms with Crippen LogP contribution in [0.5, 0.6) is 0 Å². The van der Waals surface area contributed by atoms with Gasteiger partial charge in [0.15, 0.2) is 0 Å². The molecule has 2 heterocycles. The van der Waals surface area contributed by atoms with E-state index in [1.165, 1.54) is 5.56 Å². The van der Waals surface area contributed by atoms with E-state index in [1.54, 1.807) is 0 Å². The van der Waals surface area contributed by atoms with Crippen LogP contribution in [0.2, 0.25) is 0 Å². The van der Waals surface area contributed by atoms with Gasteiger partial charge in [0.05, 0.1) is 6.61 Å². The van der Waals surface area contributed by atoms with Crippen molar-refractivity contribution < 1.29 is 4.74 Å². The molecule has 0 N–H and O–H groups in total. The minimum absolute atomic E-state index is 0.226. The summed E-state index contributed by atoms with van der Waals surface area (Å²) in [6, 6.07) is 4.13. The molecular weight excluding hydrogens is 200 g/mol. The molecule has 1 fully saturated rings. The van der Waals surface area contributed by atoms with Crippen molar-refractivity contribution in [3.63, 3.8) is 0 Å². The molecule has 0 aliphatic carbocycles. The summed E-state index contributed by atoms with van der Waals surface area (Å²) < 4.78 is 6.10. The Bertz CT molecular complexity index is 324. The van der Waals surface area contributed by atoms with E-state index in [0.29, 0.717) is 0 Å². The second-order valence-electron chi connectivity index (χ2n) is 4.39. The second-order valence-corrected chi connectivity index (χ2v) is 4.39. The van der Waals surface area contributed by atoms with Gasteiger partial charge in [0.2, 0.25) is 0 Å². The Balaban J connectivity index is 2.34. The Labute approximate surface area is 97.4 Å². The Morgan fingerprint density at radius 3 is 2.81 bits per heavy atom. The highest BCUT2D eigenvalue weighted by molar-refractivity contribution is 5.19. The Kier molecular flexibility index (Phi) is 3.56. The monoisotopic (exact) mass is 220 g/mol. The van der Waals surface area contributed by atoms with Crippen LogP contribution in [0.25, 0.3) is 0 Å². The van der Waals surface area contributed by atoms with E-state index >= 15 is 0 Å². The third-order valence-corrected chi connectivity index (χ3v) is 3.32. The van der Waals surface area contributed by atoms with Crippen molar-refractivity contribution in [1.29, 1.82) is 0 Å². The fourth-order valence-corrected chi connectivity index (χ4v) is 2.50. The molecule has 1 aliphatic heterocycles. The summed E-state index contributed by atoms with van der Waals surface area (Å²) in [4.78, 5) is 6.41. The summed E-state index contributed by atoms with van der Waals surface area (Å²) in [6.45, 7) is 4.16. The predicted molar refractivity (Wildman–Crippen MR) is 64.0 cm³/mol. The first-order valence-corrected chi connectivity index (χ1v) is 6.05. The molecule has 2 rings (SSSR count). The molecule has 0 aromatic carbocycles. The lowest BCUT2D eigenvalue weighted by atomic mass is 9.95. The van der Waals surface area contributed by atoms with Gasteiger partial charge in [-0.1, -0.05) is 13.3 Å². The zero-order chi connectivity index (χ0) is 11.4. The van der Waals surface area contributed by atoms with Crippen LogP contribution in [-0.2, 0) is 10.5 Å². The molecule has 0 bridgehead atoms. The number of nitrogens with zero attached hydrogens (tertiary/aromatic N) is 2. The van der Waals surface area contributed by atoms with Gasteiger partial charge in [-0.3, -0.25) is 9.88 Å². The van der Waals surface area contributed by atoms with Crippen LogP contribution in [0.1, 0.15) is 31.7 Å². The smallest absolute Gasteiger partial charge is 0.147 e. The first-order chi connectivity index (χ1) is 7.79. The van der Waals surface area contributed by atoms with Crippen molar-refractivity contribution in [1.82, 2.24) is 9.88 Å². The lowest BCUT2D eigenvalue weighted by Gasteiger charge is -2.45. The van der Waals surface area contributed by atoms with Gasteiger partial charge >= 0.3 is 0 Å². The van der Waals surface area contributed by atoms with Crippen LogP contribution < -0.4 is 0 Å². The van der Waals surface area contributed by atoms with Gasteiger partial charge in [-0.25, -0.2) is 0 Å². The molecule has 0 radical (unpaired) electrons. The quantitative estimate of drug-likeness (QED) is 0.782. The summed E-state index contributed by atoms with van der Waals surface area (Å²) in [5.41, 5.74) is 1.00. The van der Waals surface area contributed by atoms with Crippen molar-refractivity contribution in [3.8, 4) is 0 Å². The van der Waals surface area contributed by atoms with Gasteiger partial charge < -0.3 is 4.74 Å². The second kappa shape index (κ2) is 4.93. The molecule has 16 heavy (non-hydrogen) atoms. The number of pyridine rings is 1. The third kappa shape index (κ3) is 1.97. The molecule has 88 valence electrons. The topological polar surface area (TPSA) is 25.4 Å². The minimum atomic E-state index is -0.226. The highest BCUT2D eigenvalue weighted by Crippen LogP contribution is 2.36. The number of hydrogen-bond donors (Lipinski definition) is 0. The van der Waals surface area contributed by atoms with Crippen molar-refractivity contribution in [2.24, 2.45) is 0 Å². The van der Waals surface area contributed by atoms with Gasteiger partial charge in [-0.15, -0.1) is 0 Å². The largest absolute Gasteiger partial charge is 0.356 e. The number of rotatable bonds is 3. The average molecular weight is 220 g/mol. The molecule has 1 aliphatic rings. The van der Waals surface area contributed by atoms with Gasteiger partial charge in [-0.05, 0) is 32.0 Å². The average Bonchev–Trinajstić information content (AvgIpc) is 2.34. The van der Waals surface area contributed by atoms with Gasteiger partial charge in [-0.2, -0.15) is 0 Å². The zero-order valence-corrected chi connectivity index (χ0v) is 10.1.